The van der Waals surface area contributed by atoms with Crippen molar-refractivity contribution < 1.29 is 9.22 Å². The molecule has 0 spiro atoms. The van der Waals surface area contributed by atoms with Crippen LogP contribution in [0, 0.1) is 0 Å². The lowest BCUT2D eigenvalue weighted by atomic mass is 10.1. The number of rotatable bonds is 8. The highest BCUT2D eigenvalue weighted by atomic mass is 16.5. The molecule has 2 heteroatoms. The Hall–Kier alpha value is -2.06. The monoisotopic (exact) mass is 310 g/mol. The molecule has 0 unspecified atom stereocenters. The van der Waals surface area contributed by atoms with Gasteiger partial charge in [-0.25, -0.2) is 0 Å². The van der Waals surface area contributed by atoms with E-state index in [9.17, 15) is 0 Å². The molecule has 0 radical (unpaired) electrons. The lowest BCUT2D eigenvalue weighted by Crippen LogP contribution is -2.50. The van der Waals surface area contributed by atoms with Crippen LogP contribution in [0.4, 0.5) is 0 Å². The Bertz CT molecular complexity index is 589. The summed E-state index contributed by atoms with van der Waals surface area (Å²) >= 11 is 0. The zero-order chi connectivity index (χ0) is 16.5. The average Bonchev–Trinajstić information content (AvgIpc) is 2.63. The Morgan fingerprint density at radius 3 is 1.78 bits per heavy atom. The minimum atomic E-state index is 0.739. The molecule has 0 aliphatic rings. The van der Waals surface area contributed by atoms with Gasteiger partial charge in [0.2, 0.25) is 6.73 Å². The molecule has 0 saturated carbocycles. The topological polar surface area (TPSA) is 9.23 Å². The van der Waals surface area contributed by atoms with E-state index in [2.05, 4.69) is 81.5 Å². The quantitative estimate of drug-likeness (QED) is 0.376. The lowest BCUT2D eigenvalue weighted by Gasteiger charge is -2.34. The predicted octanol–water partition coefficient (Wildman–Crippen LogP) is 5.07. The van der Waals surface area contributed by atoms with E-state index in [1.165, 1.54) is 11.1 Å². The first-order chi connectivity index (χ1) is 11.2. The molecule has 2 nitrogen and oxygen atoms in total. The average molecular weight is 310 g/mol. The van der Waals surface area contributed by atoms with Crippen molar-refractivity contribution in [3.63, 3.8) is 0 Å². The van der Waals surface area contributed by atoms with Crippen LogP contribution in [0.5, 0.6) is 5.75 Å². The van der Waals surface area contributed by atoms with E-state index in [1.807, 2.05) is 6.07 Å². The third-order valence-corrected chi connectivity index (χ3v) is 4.67. The fraction of sp³-hybridized carbons (Fsp3) is 0.333. The smallest absolute Gasteiger partial charge is 0.223 e. The summed E-state index contributed by atoms with van der Waals surface area (Å²) in [4.78, 5) is 0. The highest BCUT2D eigenvalue weighted by Gasteiger charge is 2.21. The molecule has 0 aromatic heterocycles. The van der Waals surface area contributed by atoms with Crippen LogP contribution >= 0.6 is 0 Å². The number of hydrogen-bond donors (Lipinski definition) is 0. The molecular weight excluding hydrogens is 282 g/mol. The number of hydrogen-bond acceptors (Lipinski definition) is 1. The van der Waals surface area contributed by atoms with Gasteiger partial charge in [-0.2, -0.15) is 0 Å². The lowest BCUT2D eigenvalue weighted by molar-refractivity contribution is -0.937. The molecule has 0 saturated heterocycles. The highest BCUT2D eigenvalue weighted by molar-refractivity contribution is 5.69. The van der Waals surface area contributed by atoms with Gasteiger partial charge in [0.1, 0.15) is 5.75 Å². The van der Waals surface area contributed by atoms with E-state index in [4.69, 9.17) is 4.74 Å². The summed E-state index contributed by atoms with van der Waals surface area (Å²) in [6.07, 6.45) is 4.26. The van der Waals surface area contributed by atoms with Crippen molar-refractivity contribution in [3.8, 4) is 5.75 Å². The van der Waals surface area contributed by atoms with E-state index in [1.54, 1.807) is 0 Å². The van der Waals surface area contributed by atoms with E-state index >= 15 is 0 Å². The number of quaternary nitrogens is 1. The van der Waals surface area contributed by atoms with Crippen molar-refractivity contribution in [1.29, 1.82) is 0 Å². The molecule has 0 N–H and O–H groups in total. The van der Waals surface area contributed by atoms with Gasteiger partial charge in [-0.3, -0.25) is 4.48 Å². The summed E-state index contributed by atoms with van der Waals surface area (Å²) in [5.41, 5.74) is 2.40. The van der Waals surface area contributed by atoms with Crippen LogP contribution in [-0.4, -0.2) is 30.8 Å². The van der Waals surface area contributed by atoms with Crippen molar-refractivity contribution in [2.75, 3.05) is 26.4 Å². The second-order valence-corrected chi connectivity index (χ2v) is 5.88. The van der Waals surface area contributed by atoms with E-state index < -0.39 is 0 Å². The fourth-order valence-electron chi connectivity index (χ4n) is 2.59. The molecule has 122 valence electrons. The zero-order valence-corrected chi connectivity index (χ0v) is 14.5. The fourth-order valence-corrected chi connectivity index (χ4v) is 2.59. The standard InChI is InChI=1S/C21H28NO/c1-4-22(5-2,6-3)18-23-21-16-14-20(15-17-21)13-12-19-10-8-7-9-11-19/h7-17H,4-6,18H2,1-3H3/q+1/b13-12+. The van der Waals surface area contributed by atoms with Crippen LogP contribution in [0.25, 0.3) is 12.2 Å². The molecule has 2 aromatic rings. The summed E-state index contributed by atoms with van der Waals surface area (Å²) in [7, 11) is 0. The second-order valence-electron chi connectivity index (χ2n) is 5.88. The van der Waals surface area contributed by atoms with Gasteiger partial charge in [-0.05, 0) is 44.0 Å². The first-order valence-electron chi connectivity index (χ1n) is 8.52. The molecule has 0 amide bonds. The van der Waals surface area contributed by atoms with E-state index in [0.717, 1.165) is 36.6 Å². The molecule has 0 bridgehead atoms. The van der Waals surface area contributed by atoms with Gasteiger partial charge in [-0.1, -0.05) is 54.6 Å². The normalized spacial score (nSPS) is 11.8. The summed E-state index contributed by atoms with van der Waals surface area (Å²) in [5, 5.41) is 0. The van der Waals surface area contributed by atoms with Gasteiger partial charge in [-0.15, -0.1) is 0 Å². The minimum Gasteiger partial charge on any atom is -0.445 e. The van der Waals surface area contributed by atoms with Crippen LogP contribution in [0.15, 0.2) is 54.6 Å². The third-order valence-electron chi connectivity index (χ3n) is 4.67. The first kappa shape index (κ1) is 17.3. The molecule has 0 aliphatic carbocycles. The van der Waals surface area contributed by atoms with Crippen LogP contribution < -0.4 is 4.74 Å². The molecular formula is C21H28NO+. The SMILES string of the molecule is CC[N+](CC)(CC)COc1ccc(/C=C/c2ccccc2)cc1. The van der Waals surface area contributed by atoms with Gasteiger partial charge in [0.05, 0.1) is 19.6 Å². The Balaban J connectivity index is 1.96. The molecule has 2 rings (SSSR count). The molecule has 0 heterocycles. The molecule has 0 fully saturated rings. The number of benzene rings is 2. The Morgan fingerprint density at radius 2 is 1.26 bits per heavy atom. The molecule has 0 aliphatic heterocycles. The summed E-state index contributed by atoms with van der Waals surface area (Å²) in [5.74, 6) is 0.944. The maximum absolute atomic E-state index is 6.01. The number of ether oxygens (including phenoxy) is 1. The van der Waals surface area contributed by atoms with Gasteiger partial charge in [0.15, 0.2) is 0 Å². The predicted molar refractivity (Wildman–Crippen MR) is 99.2 cm³/mol. The van der Waals surface area contributed by atoms with Gasteiger partial charge in [0.25, 0.3) is 0 Å². The van der Waals surface area contributed by atoms with Crippen LogP contribution in [0.3, 0.4) is 0 Å². The summed E-state index contributed by atoms with van der Waals surface area (Å²) in [6.45, 7) is 10.7. The third kappa shape index (κ3) is 4.97. The van der Waals surface area contributed by atoms with Gasteiger partial charge >= 0.3 is 0 Å². The van der Waals surface area contributed by atoms with Gasteiger partial charge < -0.3 is 4.74 Å². The first-order valence-corrected chi connectivity index (χ1v) is 8.52. The van der Waals surface area contributed by atoms with Crippen LogP contribution in [0.1, 0.15) is 31.9 Å². The van der Waals surface area contributed by atoms with E-state index in [-0.39, 0.29) is 0 Å². The highest BCUT2D eigenvalue weighted by Crippen LogP contribution is 2.16. The van der Waals surface area contributed by atoms with Crippen molar-refractivity contribution in [2.24, 2.45) is 0 Å². The Morgan fingerprint density at radius 1 is 0.739 bits per heavy atom. The van der Waals surface area contributed by atoms with Crippen molar-refractivity contribution in [1.82, 2.24) is 0 Å². The zero-order valence-electron chi connectivity index (χ0n) is 14.5. The maximum atomic E-state index is 6.01. The van der Waals surface area contributed by atoms with E-state index in [0.29, 0.717) is 0 Å². The summed E-state index contributed by atoms with van der Waals surface area (Å²) in [6, 6.07) is 18.7. The summed E-state index contributed by atoms with van der Waals surface area (Å²) < 4.78 is 7.01. The Kier molecular flexibility index (Phi) is 6.42. The minimum absolute atomic E-state index is 0.739. The van der Waals surface area contributed by atoms with Crippen molar-refractivity contribution >= 4 is 12.2 Å². The Labute approximate surface area is 140 Å². The van der Waals surface area contributed by atoms with Crippen molar-refractivity contribution in [2.45, 2.75) is 20.8 Å². The maximum Gasteiger partial charge on any atom is 0.223 e. The number of nitrogens with zero attached hydrogens (tertiary/aromatic N) is 1. The van der Waals surface area contributed by atoms with Crippen LogP contribution in [-0.2, 0) is 0 Å². The van der Waals surface area contributed by atoms with Gasteiger partial charge in [0, 0.05) is 0 Å². The molecule has 23 heavy (non-hydrogen) atoms. The molecule has 2 aromatic carbocycles. The molecule has 0 atom stereocenters. The van der Waals surface area contributed by atoms with Crippen molar-refractivity contribution in [3.05, 3.63) is 65.7 Å². The van der Waals surface area contributed by atoms with Crippen LogP contribution in [0.2, 0.25) is 0 Å². The largest absolute Gasteiger partial charge is 0.445 e. The second kappa shape index (κ2) is 8.54.